The predicted molar refractivity (Wildman–Crippen MR) is 148 cm³/mol. The van der Waals surface area contributed by atoms with Gasteiger partial charge in [-0.3, -0.25) is 9.69 Å². The molecule has 0 radical (unpaired) electrons. The van der Waals surface area contributed by atoms with E-state index in [-0.39, 0.29) is 5.91 Å². The second-order valence-corrected chi connectivity index (χ2v) is 10.6. The molecule has 2 aliphatic rings. The number of aryl methyl sites for hydroxylation is 1. The number of ether oxygens (including phenoxy) is 1. The van der Waals surface area contributed by atoms with Crippen molar-refractivity contribution < 1.29 is 14.6 Å². The van der Waals surface area contributed by atoms with Crippen molar-refractivity contribution in [1.29, 1.82) is 0 Å². The molecule has 5 nitrogen and oxygen atoms in total. The lowest BCUT2D eigenvalue weighted by molar-refractivity contribution is -0.118. The Labute approximate surface area is 220 Å². The van der Waals surface area contributed by atoms with Crippen LogP contribution in [-0.2, 0) is 23.4 Å². The number of amides is 1. The third-order valence-corrected chi connectivity index (χ3v) is 7.98. The molecule has 5 heteroatoms. The van der Waals surface area contributed by atoms with Gasteiger partial charge in [-0.15, -0.1) is 0 Å². The monoisotopic (exact) mass is 498 g/mol. The fraction of sp³-hybridized carbons (Fsp3) is 0.406. The Balaban J connectivity index is 1.23. The molecule has 1 fully saturated rings. The summed E-state index contributed by atoms with van der Waals surface area (Å²) in [5, 5.41) is 11.8. The number of nitrogens with zero attached hydrogens (tertiary/aromatic N) is 2. The summed E-state index contributed by atoms with van der Waals surface area (Å²) < 4.78 is 5.97. The van der Waals surface area contributed by atoms with E-state index in [0.717, 1.165) is 60.6 Å². The molecule has 194 valence electrons. The van der Waals surface area contributed by atoms with Gasteiger partial charge in [-0.05, 0) is 79.5 Å². The van der Waals surface area contributed by atoms with Crippen molar-refractivity contribution in [2.75, 3.05) is 31.1 Å². The normalized spacial score (nSPS) is 19.6. The average molecular weight is 499 g/mol. The second-order valence-electron chi connectivity index (χ2n) is 10.6. The highest BCUT2D eigenvalue weighted by Crippen LogP contribution is 2.40. The predicted octanol–water partition coefficient (Wildman–Crippen LogP) is 5.54. The molecule has 1 unspecified atom stereocenters. The molecule has 2 heterocycles. The number of hydrogen-bond donors (Lipinski definition) is 1. The van der Waals surface area contributed by atoms with Gasteiger partial charge >= 0.3 is 0 Å². The molecule has 1 saturated heterocycles. The second kappa shape index (κ2) is 11.1. The van der Waals surface area contributed by atoms with E-state index in [1.54, 1.807) is 0 Å². The summed E-state index contributed by atoms with van der Waals surface area (Å²) in [6.45, 7) is 7.71. The molecular formula is C32H38N2O3. The van der Waals surface area contributed by atoms with Gasteiger partial charge in [0.05, 0.1) is 6.61 Å². The number of β-amino-alcohol motifs (C(OH)–C–C–N with tert-alkyl or cyclic N) is 1. The van der Waals surface area contributed by atoms with Crippen molar-refractivity contribution in [1.82, 2.24) is 4.90 Å². The maximum absolute atomic E-state index is 13.3. The van der Waals surface area contributed by atoms with Crippen LogP contribution in [0.5, 0.6) is 5.75 Å². The van der Waals surface area contributed by atoms with Gasteiger partial charge in [-0.1, -0.05) is 54.6 Å². The largest absolute Gasteiger partial charge is 0.493 e. The highest BCUT2D eigenvalue weighted by Gasteiger charge is 2.40. The van der Waals surface area contributed by atoms with Crippen molar-refractivity contribution in [2.45, 2.75) is 58.1 Å². The van der Waals surface area contributed by atoms with E-state index < -0.39 is 5.60 Å². The molecule has 0 saturated carbocycles. The molecule has 0 bridgehead atoms. The van der Waals surface area contributed by atoms with Crippen molar-refractivity contribution in [3.63, 3.8) is 0 Å². The van der Waals surface area contributed by atoms with Crippen molar-refractivity contribution in [3.8, 4) is 5.75 Å². The Bertz CT molecular complexity index is 1240. The number of fused-ring (bicyclic) bond motifs is 1. The zero-order valence-electron chi connectivity index (χ0n) is 22.1. The van der Waals surface area contributed by atoms with Crippen LogP contribution in [0, 0.1) is 13.8 Å². The fourth-order valence-corrected chi connectivity index (χ4v) is 5.81. The van der Waals surface area contributed by atoms with Gasteiger partial charge in [0, 0.05) is 38.3 Å². The molecule has 0 aliphatic carbocycles. The van der Waals surface area contributed by atoms with E-state index >= 15 is 0 Å². The molecular weight excluding hydrogens is 460 g/mol. The Morgan fingerprint density at radius 3 is 2.65 bits per heavy atom. The van der Waals surface area contributed by atoms with Gasteiger partial charge in [0.15, 0.2) is 0 Å². The van der Waals surface area contributed by atoms with Crippen LogP contribution in [0.1, 0.15) is 53.5 Å². The highest BCUT2D eigenvalue weighted by atomic mass is 16.5. The van der Waals surface area contributed by atoms with E-state index in [9.17, 15) is 9.90 Å². The lowest BCUT2D eigenvalue weighted by Crippen LogP contribution is -2.38. The molecule has 0 aromatic heterocycles. The van der Waals surface area contributed by atoms with Crippen LogP contribution in [0.2, 0.25) is 0 Å². The van der Waals surface area contributed by atoms with Gasteiger partial charge in [-0.2, -0.15) is 0 Å². The zero-order chi connectivity index (χ0) is 25.8. The smallest absolute Gasteiger partial charge is 0.227 e. The number of carbonyl (C=O) groups is 1. The number of aliphatic hydroxyl groups is 1. The molecule has 37 heavy (non-hydrogen) atoms. The molecule has 3 aromatic carbocycles. The van der Waals surface area contributed by atoms with Crippen LogP contribution in [0.3, 0.4) is 0 Å². The maximum Gasteiger partial charge on any atom is 0.227 e. The molecule has 3 aromatic rings. The third-order valence-electron chi connectivity index (χ3n) is 7.98. The number of likely N-dealkylation sites (tertiary alicyclic amines) is 1. The van der Waals surface area contributed by atoms with Gasteiger partial charge < -0.3 is 14.7 Å². The van der Waals surface area contributed by atoms with Crippen LogP contribution < -0.4 is 9.64 Å². The SMILES string of the molecule is Cc1cccc(OCCCC(=O)N2CCCc3c2cccc3C2(O)CCN(Cc3ccccc3)C2)c1C. The fourth-order valence-electron chi connectivity index (χ4n) is 5.81. The van der Waals surface area contributed by atoms with Gasteiger partial charge in [-0.25, -0.2) is 0 Å². The summed E-state index contributed by atoms with van der Waals surface area (Å²) in [4.78, 5) is 17.5. The molecule has 1 N–H and O–H groups in total. The summed E-state index contributed by atoms with van der Waals surface area (Å²) in [6.07, 6.45) is 3.64. The van der Waals surface area contributed by atoms with Crippen LogP contribution >= 0.6 is 0 Å². The number of hydrogen-bond acceptors (Lipinski definition) is 4. The first kappa shape index (κ1) is 25.5. The standard InChI is InChI=1S/C32H38N2O3/c1-24-10-6-16-30(25(24)2)37-21-9-17-31(35)34-19-8-13-27-28(14-7-15-29(27)34)32(36)18-20-33(23-32)22-26-11-4-3-5-12-26/h3-7,10-12,14-16,36H,8-9,13,17-23H2,1-2H3. The summed E-state index contributed by atoms with van der Waals surface area (Å²) >= 11 is 0. The first-order valence-corrected chi connectivity index (χ1v) is 13.5. The Hall–Kier alpha value is -3.15. The summed E-state index contributed by atoms with van der Waals surface area (Å²) in [5.41, 5.74) is 5.85. The number of carbonyl (C=O) groups excluding carboxylic acids is 1. The number of benzene rings is 3. The summed E-state index contributed by atoms with van der Waals surface area (Å²) in [6, 6.07) is 22.6. The van der Waals surface area contributed by atoms with E-state index in [4.69, 9.17) is 4.74 Å². The van der Waals surface area contributed by atoms with Crippen molar-refractivity contribution >= 4 is 11.6 Å². The Kier molecular flexibility index (Phi) is 7.63. The van der Waals surface area contributed by atoms with E-state index in [1.165, 1.54) is 11.1 Å². The molecule has 2 aliphatic heterocycles. The Morgan fingerprint density at radius 2 is 1.81 bits per heavy atom. The van der Waals surface area contributed by atoms with Gasteiger partial charge in [0.25, 0.3) is 0 Å². The molecule has 1 atom stereocenters. The first-order valence-electron chi connectivity index (χ1n) is 13.5. The minimum Gasteiger partial charge on any atom is -0.493 e. The highest BCUT2D eigenvalue weighted by molar-refractivity contribution is 5.94. The first-order chi connectivity index (χ1) is 17.9. The van der Waals surface area contributed by atoms with Crippen LogP contribution in [0.15, 0.2) is 66.7 Å². The maximum atomic E-state index is 13.3. The third kappa shape index (κ3) is 5.58. The lowest BCUT2D eigenvalue weighted by atomic mass is 9.85. The number of rotatable bonds is 8. The average Bonchev–Trinajstić information content (AvgIpc) is 3.29. The lowest BCUT2D eigenvalue weighted by Gasteiger charge is -2.34. The quantitative estimate of drug-likeness (QED) is 0.415. The molecule has 5 rings (SSSR count). The van der Waals surface area contributed by atoms with Crippen LogP contribution in [-0.4, -0.2) is 42.2 Å². The van der Waals surface area contributed by atoms with E-state index in [0.29, 0.717) is 32.4 Å². The Morgan fingerprint density at radius 1 is 1.00 bits per heavy atom. The van der Waals surface area contributed by atoms with Gasteiger partial charge in [0.2, 0.25) is 5.91 Å². The summed E-state index contributed by atoms with van der Waals surface area (Å²) in [5.74, 6) is 1.03. The van der Waals surface area contributed by atoms with Gasteiger partial charge in [0.1, 0.15) is 11.4 Å². The summed E-state index contributed by atoms with van der Waals surface area (Å²) in [7, 11) is 0. The molecule has 1 amide bonds. The van der Waals surface area contributed by atoms with Crippen LogP contribution in [0.4, 0.5) is 5.69 Å². The van der Waals surface area contributed by atoms with E-state index in [1.807, 2.05) is 35.2 Å². The van der Waals surface area contributed by atoms with Crippen molar-refractivity contribution in [3.05, 3.63) is 94.5 Å². The number of anilines is 1. The van der Waals surface area contributed by atoms with Crippen LogP contribution in [0.25, 0.3) is 0 Å². The van der Waals surface area contributed by atoms with E-state index in [2.05, 4.69) is 55.1 Å². The minimum atomic E-state index is -0.883. The zero-order valence-corrected chi connectivity index (χ0v) is 22.1. The molecule has 0 spiro atoms. The topological polar surface area (TPSA) is 53.0 Å². The minimum absolute atomic E-state index is 0.131. The van der Waals surface area contributed by atoms with Crippen molar-refractivity contribution in [2.24, 2.45) is 0 Å².